The van der Waals surface area contributed by atoms with E-state index in [4.69, 9.17) is 9.51 Å². The van der Waals surface area contributed by atoms with Gasteiger partial charge in [-0.25, -0.2) is 4.98 Å². The van der Waals surface area contributed by atoms with Gasteiger partial charge >= 0.3 is 0 Å². The molecule has 0 spiro atoms. The maximum atomic E-state index is 5.56. The Bertz CT molecular complexity index is 972. The van der Waals surface area contributed by atoms with Crippen molar-refractivity contribution in [1.82, 2.24) is 15.0 Å². The smallest absolute Gasteiger partial charge is 0.177 e. The summed E-state index contributed by atoms with van der Waals surface area (Å²) < 4.78 is 6.83. The molecule has 132 valence electrons. The van der Waals surface area contributed by atoms with Crippen molar-refractivity contribution in [2.45, 2.75) is 31.8 Å². The third-order valence-electron chi connectivity index (χ3n) is 4.90. The van der Waals surface area contributed by atoms with Gasteiger partial charge in [-0.05, 0) is 43.0 Å². The minimum atomic E-state index is 0.378. The molecule has 1 aliphatic rings. The number of hydrogen-bond donors (Lipinski definition) is 0. The van der Waals surface area contributed by atoms with Gasteiger partial charge in [0.05, 0.1) is 26.8 Å². The van der Waals surface area contributed by atoms with E-state index in [0.717, 1.165) is 41.4 Å². The van der Waals surface area contributed by atoms with Gasteiger partial charge in [0.15, 0.2) is 5.76 Å². The second-order valence-electron chi connectivity index (χ2n) is 6.66. The van der Waals surface area contributed by atoms with Gasteiger partial charge in [0.25, 0.3) is 0 Å². The highest BCUT2D eigenvalue weighted by Gasteiger charge is 2.27. The lowest BCUT2D eigenvalue weighted by Crippen LogP contribution is -2.32. The first-order chi connectivity index (χ1) is 12.9. The van der Waals surface area contributed by atoms with Crippen molar-refractivity contribution in [3.05, 3.63) is 58.5 Å². The van der Waals surface area contributed by atoms with E-state index >= 15 is 0 Å². The number of thiophene rings is 1. The Balaban J connectivity index is 1.39. The number of thiazole rings is 1. The molecule has 4 heterocycles. The predicted molar refractivity (Wildman–Crippen MR) is 106 cm³/mol. The number of para-hydroxylation sites is 1. The highest BCUT2D eigenvalue weighted by molar-refractivity contribution is 7.18. The van der Waals surface area contributed by atoms with Crippen molar-refractivity contribution in [1.29, 1.82) is 0 Å². The molecule has 1 atom stereocenters. The lowest BCUT2D eigenvalue weighted by atomic mass is 10.0. The normalized spacial score (nSPS) is 18.5. The van der Waals surface area contributed by atoms with Crippen LogP contribution in [0.25, 0.3) is 20.9 Å². The zero-order valence-corrected chi connectivity index (χ0v) is 15.9. The molecule has 0 aliphatic carbocycles. The van der Waals surface area contributed by atoms with Crippen LogP contribution >= 0.6 is 22.7 Å². The summed E-state index contributed by atoms with van der Waals surface area (Å²) in [6, 6.07) is 15.0. The van der Waals surface area contributed by atoms with Crippen LogP contribution in [0.3, 0.4) is 0 Å². The van der Waals surface area contributed by atoms with Crippen LogP contribution in [0, 0.1) is 0 Å². The quantitative estimate of drug-likeness (QED) is 0.452. The molecule has 6 heteroatoms. The van der Waals surface area contributed by atoms with Gasteiger partial charge in [0.2, 0.25) is 0 Å². The summed E-state index contributed by atoms with van der Waals surface area (Å²) in [5.74, 6) is 0.864. The minimum absolute atomic E-state index is 0.378. The summed E-state index contributed by atoms with van der Waals surface area (Å²) in [5.41, 5.74) is 2.11. The van der Waals surface area contributed by atoms with Crippen LogP contribution in [-0.4, -0.2) is 21.6 Å². The van der Waals surface area contributed by atoms with Gasteiger partial charge in [0, 0.05) is 12.6 Å². The molecule has 26 heavy (non-hydrogen) atoms. The Labute approximate surface area is 160 Å². The average Bonchev–Trinajstić information content (AvgIpc) is 3.42. The summed E-state index contributed by atoms with van der Waals surface area (Å²) in [6.45, 7) is 1.90. The number of fused-ring (bicyclic) bond motifs is 1. The molecular weight excluding hydrogens is 362 g/mol. The van der Waals surface area contributed by atoms with E-state index in [1.54, 1.807) is 11.3 Å². The number of aromatic nitrogens is 2. The van der Waals surface area contributed by atoms with Crippen LogP contribution in [0.2, 0.25) is 0 Å². The molecule has 4 nitrogen and oxygen atoms in total. The monoisotopic (exact) mass is 381 g/mol. The zero-order chi connectivity index (χ0) is 17.3. The van der Waals surface area contributed by atoms with E-state index < -0.39 is 0 Å². The third kappa shape index (κ3) is 3.09. The molecule has 0 radical (unpaired) electrons. The average molecular weight is 382 g/mol. The molecule has 0 saturated carbocycles. The molecule has 1 aromatic carbocycles. The summed E-state index contributed by atoms with van der Waals surface area (Å²) in [5, 5.41) is 7.60. The highest BCUT2D eigenvalue weighted by Crippen LogP contribution is 2.36. The maximum absolute atomic E-state index is 5.56. The minimum Gasteiger partial charge on any atom is -0.355 e. The molecule has 1 fully saturated rings. The lowest BCUT2D eigenvalue weighted by molar-refractivity contribution is 0.137. The third-order valence-corrected chi connectivity index (χ3v) is 6.92. The Hall–Kier alpha value is -2.02. The van der Waals surface area contributed by atoms with E-state index in [0.29, 0.717) is 6.04 Å². The molecule has 4 aromatic rings. The van der Waals surface area contributed by atoms with Crippen molar-refractivity contribution in [3.8, 4) is 10.6 Å². The number of benzene rings is 1. The summed E-state index contributed by atoms with van der Waals surface area (Å²) in [6.07, 6.45) is 3.66. The van der Waals surface area contributed by atoms with Crippen molar-refractivity contribution < 1.29 is 4.52 Å². The van der Waals surface area contributed by atoms with Crippen molar-refractivity contribution in [2.75, 3.05) is 6.54 Å². The molecule has 0 bridgehead atoms. The maximum Gasteiger partial charge on any atom is 0.177 e. The lowest BCUT2D eigenvalue weighted by Gasteiger charge is -2.33. The number of hydrogen-bond acceptors (Lipinski definition) is 6. The highest BCUT2D eigenvalue weighted by atomic mass is 32.1. The largest absolute Gasteiger partial charge is 0.355 e. The molecular formula is C20H19N3OS2. The molecule has 0 N–H and O–H groups in total. The molecule has 5 rings (SSSR count). The van der Waals surface area contributed by atoms with Crippen LogP contribution in [0.1, 0.15) is 36.0 Å². The SMILES string of the molecule is c1csc(-c2cc(CN3CCCCC3c3nc4ccccc4s3)no2)c1. The second kappa shape index (κ2) is 6.95. The first kappa shape index (κ1) is 16.2. The van der Waals surface area contributed by atoms with E-state index in [1.165, 1.54) is 22.5 Å². The van der Waals surface area contributed by atoms with Crippen LogP contribution < -0.4 is 0 Å². The Morgan fingerprint density at radius 3 is 3.00 bits per heavy atom. The second-order valence-corrected chi connectivity index (χ2v) is 8.67. The van der Waals surface area contributed by atoms with E-state index in [-0.39, 0.29) is 0 Å². The van der Waals surface area contributed by atoms with Crippen LogP contribution in [-0.2, 0) is 6.54 Å². The van der Waals surface area contributed by atoms with Gasteiger partial charge in [-0.2, -0.15) is 0 Å². The van der Waals surface area contributed by atoms with Gasteiger partial charge in [-0.15, -0.1) is 22.7 Å². The molecule has 3 aromatic heterocycles. The van der Waals surface area contributed by atoms with Crippen LogP contribution in [0.4, 0.5) is 0 Å². The predicted octanol–water partition coefficient (Wildman–Crippen LogP) is 5.74. The molecule has 1 saturated heterocycles. The Morgan fingerprint density at radius 1 is 1.15 bits per heavy atom. The van der Waals surface area contributed by atoms with Crippen LogP contribution in [0.5, 0.6) is 0 Å². The first-order valence-corrected chi connectivity index (χ1v) is 10.7. The topological polar surface area (TPSA) is 42.2 Å². The fourth-order valence-corrected chi connectivity index (χ4v) is 5.43. The molecule has 1 aliphatic heterocycles. The zero-order valence-electron chi connectivity index (χ0n) is 14.3. The van der Waals surface area contributed by atoms with Gasteiger partial charge in [-0.1, -0.05) is 29.8 Å². The molecule has 0 amide bonds. The van der Waals surface area contributed by atoms with Crippen LogP contribution in [0.15, 0.2) is 52.4 Å². The standard InChI is InChI=1S/C20H19N3OS2/c1-2-8-18-15(6-1)21-20(26-18)16-7-3-4-10-23(16)13-14-12-17(24-22-14)19-9-5-11-25-19/h1-2,5-6,8-9,11-12,16H,3-4,7,10,13H2. The molecule has 1 unspecified atom stereocenters. The van der Waals surface area contributed by atoms with Gasteiger partial charge in [0.1, 0.15) is 5.01 Å². The van der Waals surface area contributed by atoms with Crippen molar-refractivity contribution in [3.63, 3.8) is 0 Å². The number of nitrogens with zero attached hydrogens (tertiary/aromatic N) is 3. The summed E-state index contributed by atoms with van der Waals surface area (Å²) in [7, 11) is 0. The van der Waals surface area contributed by atoms with Gasteiger partial charge < -0.3 is 4.52 Å². The van der Waals surface area contributed by atoms with Gasteiger partial charge in [-0.3, -0.25) is 4.90 Å². The summed E-state index contributed by atoms with van der Waals surface area (Å²) in [4.78, 5) is 8.55. The fourth-order valence-electron chi connectivity index (χ4n) is 3.62. The summed E-state index contributed by atoms with van der Waals surface area (Å²) >= 11 is 3.51. The first-order valence-electron chi connectivity index (χ1n) is 8.96. The number of rotatable bonds is 4. The Morgan fingerprint density at radius 2 is 2.12 bits per heavy atom. The van der Waals surface area contributed by atoms with E-state index in [9.17, 15) is 0 Å². The van der Waals surface area contributed by atoms with Crippen molar-refractivity contribution in [2.24, 2.45) is 0 Å². The van der Waals surface area contributed by atoms with E-state index in [1.807, 2.05) is 17.4 Å². The van der Waals surface area contributed by atoms with E-state index in [2.05, 4.69) is 51.8 Å². The fraction of sp³-hybridized carbons (Fsp3) is 0.300. The Kier molecular flexibility index (Phi) is 4.32. The number of piperidine rings is 1. The number of likely N-dealkylation sites (tertiary alicyclic amines) is 1. The van der Waals surface area contributed by atoms with Crippen molar-refractivity contribution >= 4 is 32.9 Å².